The lowest BCUT2D eigenvalue weighted by molar-refractivity contribution is 0.174. The molecule has 2 aromatic rings. The summed E-state index contributed by atoms with van der Waals surface area (Å²) in [6.07, 6.45) is 0. The number of ether oxygens (including phenoxy) is 4. The second kappa shape index (κ2) is 7.94. The van der Waals surface area contributed by atoms with Crippen LogP contribution in [-0.4, -0.2) is 31.7 Å². The van der Waals surface area contributed by atoms with E-state index in [0.717, 1.165) is 22.9 Å². The summed E-state index contributed by atoms with van der Waals surface area (Å²) in [5, 5.41) is 6.83. The fraction of sp³-hybridized carbons (Fsp3) is 0.278. The molecular weight excluding hydrogens is 340 g/mol. The van der Waals surface area contributed by atoms with E-state index >= 15 is 0 Å². The van der Waals surface area contributed by atoms with Crippen LogP contribution in [0.25, 0.3) is 0 Å². The molecule has 1 aliphatic heterocycles. The van der Waals surface area contributed by atoms with Gasteiger partial charge in [-0.3, -0.25) is 0 Å². The first-order valence-corrected chi connectivity index (χ1v) is 8.29. The molecule has 0 bridgehead atoms. The lowest BCUT2D eigenvalue weighted by Crippen LogP contribution is -2.39. The highest BCUT2D eigenvalue weighted by molar-refractivity contribution is 7.80. The molecular formula is C18H20N2O4S. The van der Waals surface area contributed by atoms with Gasteiger partial charge in [0.25, 0.3) is 0 Å². The summed E-state index contributed by atoms with van der Waals surface area (Å²) < 4.78 is 21.5. The minimum atomic E-state index is 0.0381. The van der Waals surface area contributed by atoms with Gasteiger partial charge in [-0.1, -0.05) is 0 Å². The predicted octanol–water partition coefficient (Wildman–Crippen LogP) is 3.18. The molecule has 1 aliphatic rings. The summed E-state index contributed by atoms with van der Waals surface area (Å²) in [6.45, 7) is 2.73. The maximum atomic E-state index is 5.74. The Hall–Kier alpha value is -2.67. The second-order valence-corrected chi connectivity index (χ2v) is 5.96. The zero-order chi connectivity index (χ0) is 17.6. The molecule has 2 N–H and O–H groups in total. The maximum Gasteiger partial charge on any atom is 0.231 e. The van der Waals surface area contributed by atoms with Crippen molar-refractivity contribution in [1.82, 2.24) is 5.32 Å². The summed E-state index contributed by atoms with van der Waals surface area (Å²) in [5.74, 6) is 3.03. The van der Waals surface area contributed by atoms with Gasteiger partial charge in [-0.05, 0) is 55.5 Å². The van der Waals surface area contributed by atoms with E-state index in [1.54, 1.807) is 7.11 Å². The highest BCUT2D eigenvalue weighted by Crippen LogP contribution is 2.34. The van der Waals surface area contributed by atoms with Crippen molar-refractivity contribution < 1.29 is 18.9 Å². The fourth-order valence-corrected chi connectivity index (χ4v) is 2.62. The van der Waals surface area contributed by atoms with E-state index in [0.29, 0.717) is 17.5 Å². The predicted molar refractivity (Wildman–Crippen MR) is 99.9 cm³/mol. The molecule has 0 saturated heterocycles. The van der Waals surface area contributed by atoms with Gasteiger partial charge in [-0.25, -0.2) is 0 Å². The van der Waals surface area contributed by atoms with Crippen molar-refractivity contribution in [3.63, 3.8) is 0 Å². The van der Waals surface area contributed by atoms with Crippen molar-refractivity contribution >= 4 is 23.0 Å². The topological polar surface area (TPSA) is 61.0 Å². The molecule has 1 heterocycles. The van der Waals surface area contributed by atoms with Gasteiger partial charge in [0.2, 0.25) is 6.79 Å². The fourth-order valence-electron chi connectivity index (χ4n) is 2.30. The number of rotatable bonds is 6. The van der Waals surface area contributed by atoms with Crippen LogP contribution in [0.4, 0.5) is 5.69 Å². The summed E-state index contributed by atoms with van der Waals surface area (Å²) in [7, 11) is 1.63. The molecule has 0 spiro atoms. The summed E-state index contributed by atoms with van der Waals surface area (Å²) >= 11 is 5.34. The minimum Gasteiger partial charge on any atom is -0.497 e. The van der Waals surface area contributed by atoms with Gasteiger partial charge >= 0.3 is 0 Å². The van der Waals surface area contributed by atoms with Crippen molar-refractivity contribution in [2.24, 2.45) is 0 Å². The second-order valence-electron chi connectivity index (χ2n) is 5.55. The van der Waals surface area contributed by atoms with E-state index in [1.165, 1.54) is 0 Å². The van der Waals surface area contributed by atoms with Gasteiger partial charge in [0.15, 0.2) is 16.6 Å². The number of hydrogen-bond acceptors (Lipinski definition) is 5. The van der Waals surface area contributed by atoms with Crippen LogP contribution in [0, 0.1) is 0 Å². The van der Waals surface area contributed by atoms with Gasteiger partial charge in [-0.15, -0.1) is 0 Å². The molecule has 3 rings (SSSR count). The monoisotopic (exact) mass is 360 g/mol. The van der Waals surface area contributed by atoms with Crippen LogP contribution in [0.1, 0.15) is 6.92 Å². The third-order valence-electron chi connectivity index (χ3n) is 3.57. The lowest BCUT2D eigenvalue weighted by Gasteiger charge is -2.18. The highest BCUT2D eigenvalue weighted by Gasteiger charge is 2.14. The minimum absolute atomic E-state index is 0.0381. The molecule has 0 aromatic heterocycles. The summed E-state index contributed by atoms with van der Waals surface area (Å²) in [4.78, 5) is 0. The van der Waals surface area contributed by atoms with Crippen molar-refractivity contribution in [3.05, 3.63) is 42.5 Å². The summed E-state index contributed by atoms with van der Waals surface area (Å²) in [5.41, 5.74) is 0.838. The van der Waals surface area contributed by atoms with Crippen LogP contribution < -0.4 is 29.6 Å². The Labute approximate surface area is 152 Å². The molecule has 1 atom stereocenters. The number of methoxy groups -OCH3 is 1. The molecule has 6 nitrogen and oxygen atoms in total. The quantitative estimate of drug-likeness (QED) is 0.767. The smallest absolute Gasteiger partial charge is 0.231 e. The Morgan fingerprint density at radius 3 is 2.60 bits per heavy atom. The Balaban J connectivity index is 1.45. The maximum absolute atomic E-state index is 5.74. The molecule has 0 saturated carbocycles. The van der Waals surface area contributed by atoms with Crippen molar-refractivity contribution in [1.29, 1.82) is 0 Å². The van der Waals surface area contributed by atoms with Crippen LogP contribution >= 0.6 is 12.2 Å². The van der Waals surface area contributed by atoms with E-state index in [4.69, 9.17) is 31.2 Å². The van der Waals surface area contributed by atoms with Gasteiger partial charge in [0.1, 0.15) is 18.1 Å². The number of hydrogen-bond donors (Lipinski definition) is 2. The van der Waals surface area contributed by atoms with E-state index in [1.807, 2.05) is 49.4 Å². The Morgan fingerprint density at radius 1 is 1.12 bits per heavy atom. The first-order chi connectivity index (χ1) is 12.1. The number of thiocarbonyl (C=S) groups is 1. The molecule has 0 aliphatic carbocycles. The lowest BCUT2D eigenvalue weighted by atomic mass is 10.3. The van der Waals surface area contributed by atoms with Crippen molar-refractivity contribution in [3.8, 4) is 23.0 Å². The van der Waals surface area contributed by atoms with Crippen LogP contribution in [0.15, 0.2) is 42.5 Å². The van der Waals surface area contributed by atoms with Gasteiger partial charge in [0, 0.05) is 11.8 Å². The Kier molecular flexibility index (Phi) is 5.45. The van der Waals surface area contributed by atoms with Crippen LogP contribution in [0.5, 0.6) is 23.0 Å². The number of anilines is 1. The Bertz CT molecular complexity index is 736. The highest BCUT2D eigenvalue weighted by atomic mass is 32.1. The molecule has 0 fully saturated rings. The van der Waals surface area contributed by atoms with E-state index in [9.17, 15) is 0 Å². The van der Waals surface area contributed by atoms with Gasteiger partial charge in [-0.2, -0.15) is 0 Å². The standard InChI is InChI=1S/C18H20N2O4S/c1-12(10-22-15-6-4-14(21-2)5-7-15)19-18(25)20-13-3-8-16-17(9-13)24-11-23-16/h3-9,12H,10-11H2,1-2H3,(H2,19,20,25). The number of nitrogens with one attached hydrogen (secondary N) is 2. The van der Waals surface area contributed by atoms with Crippen molar-refractivity contribution in [2.45, 2.75) is 13.0 Å². The first kappa shape index (κ1) is 17.2. The molecule has 132 valence electrons. The first-order valence-electron chi connectivity index (χ1n) is 7.88. The van der Waals surface area contributed by atoms with Crippen LogP contribution in [-0.2, 0) is 0 Å². The largest absolute Gasteiger partial charge is 0.497 e. The number of benzene rings is 2. The molecule has 25 heavy (non-hydrogen) atoms. The average molecular weight is 360 g/mol. The zero-order valence-corrected chi connectivity index (χ0v) is 14.9. The molecule has 7 heteroatoms. The third kappa shape index (κ3) is 4.67. The van der Waals surface area contributed by atoms with Crippen LogP contribution in [0.2, 0.25) is 0 Å². The average Bonchev–Trinajstić information content (AvgIpc) is 3.08. The summed E-state index contributed by atoms with van der Waals surface area (Å²) in [6, 6.07) is 13.1. The number of fused-ring (bicyclic) bond motifs is 1. The van der Waals surface area contributed by atoms with Crippen LogP contribution in [0.3, 0.4) is 0 Å². The molecule has 0 amide bonds. The van der Waals surface area contributed by atoms with E-state index in [2.05, 4.69) is 10.6 Å². The molecule has 0 radical (unpaired) electrons. The Morgan fingerprint density at radius 2 is 1.84 bits per heavy atom. The van der Waals surface area contributed by atoms with Crippen molar-refractivity contribution in [2.75, 3.05) is 25.8 Å². The van der Waals surface area contributed by atoms with Gasteiger partial charge in [0.05, 0.1) is 13.2 Å². The third-order valence-corrected chi connectivity index (χ3v) is 3.79. The van der Waals surface area contributed by atoms with Gasteiger partial charge < -0.3 is 29.6 Å². The zero-order valence-electron chi connectivity index (χ0n) is 14.1. The van der Waals surface area contributed by atoms with E-state index in [-0.39, 0.29) is 12.8 Å². The molecule has 2 aromatic carbocycles. The normalized spacial score (nSPS) is 13.0. The molecule has 1 unspecified atom stereocenters. The van der Waals surface area contributed by atoms with E-state index < -0.39 is 0 Å². The SMILES string of the molecule is COc1ccc(OCC(C)NC(=S)Nc2ccc3c(c2)OCO3)cc1.